The summed E-state index contributed by atoms with van der Waals surface area (Å²) in [6, 6.07) is 71.2. The summed E-state index contributed by atoms with van der Waals surface area (Å²) < 4.78 is 5.09. The van der Waals surface area contributed by atoms with Crippen molar-refractivity contribution in [3.05, 3.63) is 200 Å². The molecule has 0 unspecified atom stereocenters. The molecule has 0 fully saturated rings. The van der Waals surface area contributed by atoms with E-state index in [1.54, 1.807) is 0 Å². The third-order valence-electron chi connectivity index (χ3n) is 11.5. The Balaban J connectivity index is 0.986. The molecule has 0 radical (unpaired) electrons. The Hall–Kier alpha value is -7.31. The predicted molar refractivity (Wildman–Crippen MR) is 256 cm³/mol. The van der Waals surface area contributed by atoms with Gasteiger partial charge in [0.25, 0.3) is 0 Å². The highest BCUT2D eigenvalue weighted by atomic mass is 32.1. The Labute approximate surface area is 354 Å². The standard InChI is InChI=1S/C55H33N3S2/c1-2-13-34(14-3-1)39-15-4-5-16-41(39)48-33-47(57-55(58-48)38-31-25-35(26-32-38)40-20-12-21-43-42-17-7-10-23-49(42)59-53(40)43)36-27-29-37(30-28-36)52-54-51(44-18-6-9-22-46(44)56-52)45-19-8-11-24-50(45)60-54/h1-33H. The van der Waals surface area contributed by atoms with Gasteiger partial charge in [0.15, 0.2) is 5.82 Å². The monoisotopic (exact) mass is 799 g/mol. The number of aromatic nitrogens is 3. The molecule has 5 heteroatoms. The molecule has 0 spiro atoms. The first-order valence-corrected chi connectivity index (χ1v) is 21.7. The lowest BCUT2D eigenvalue weighted by Gasteiger charge is -2.13. The highest BCUT2D eigenvalue weighted by molar-refractivity contribution is 7.26. The molecule has 4 aromatic heterocycles. The normalized spacial score (nSPS) is 11.7. The van der Waals surface area contributed by atoms with E-state index in [4.69, 9.17) is 15.0 Å². The smallest absolute Gasteiger partial charge is 0.160 e. The quantitative estimate of drug-likeness (QED) is 0.168. The van der Waals surface area contributed by atoms with Crippen LogP contribution in [0.1, 0.15) is 0 Å². The minimum atomic E-state index is 0.684. The summed E-state index contributed by atoms with van der Waals surface area (Å²) in [7, 11) is 0. The zero-order valence-corrected chi connectivity index (χ0v) is 33.8. The first-order valence-electron chi connectivity index (χ1n) is 20.1. The molecule has 0 N–H and O–H groups in total. The van der Waals surface area contributed by atoms with E-state index in [1.807, 2.05) is 22.7 Å². The largest absolute Gasteiger partial charge is 0.246 e. The lowest BCUT2D eigenvalue weighted by atomic mass is 9.96. The lowest BCUT2D eigenvalue weighted by Crippen LogP contribution is -1.97. The summed E-state index contributed by atoms with van der Waals surface area (Å²) in [5, 5.41) is 6.34. The van der Waals surface area contributed by atoms with Gasteiger partial charge in [-0.2, -0.15) is 0 Å². The third-order valence-corrected chi connectivity index (χ3v) is 13.9. The van der Waals surface area contributed by atoms with Crippen LogP contribution < -0.4 is 0 Å². The number of hydrogen-bond donors (Lipinski definition) is 0. The summed E-state index contributed by atoms with van der Waals surface area (Å²) in [4.78, 5) is 15.8. The summed E-state index contributed by atoms with van der Waals surface area (Å²) >= 11 is 3.67. The average molecular weight is 800 g/mol. The first-order chi connectivity index (χ1) is 29.7. The molecular weight excluding hydrogens is 767 g/mol. The minimum absolute atomic E-state index is 0.684. The van der Waals surface area contributed by atoms with Gasteiger partial charge < -0.3 is 0 Å². The van der Waals surface area contributed by atoms with Crippen molar-refractivity contribution in [2.75, 3.05) is 0 Å². The van der Waals surface area contributed by atoms with Gasteiger partial charge in [-0.15, -0.1) is 22.7 Å². The molecule has 0 saturated carbocycles. The van der Waals surface area contributed by atoms with Crippen LogP contribution in [0, 0.1) is 0 Å². The van der Waals surface area contributed by atoms with Crippen LogP contribution in [0.25, 0.3) is 119 Å². The second-order valence-electron chi connectivity index (χ2n) is 15.1. The van der Waals surface area contributed by atoms with E-state index in [1.165, 1.54) is 56.9 Å². The van der Waals surface area contributed by atoms with Crippen molar-refractivity contribution in [3.8, 4) is 67.4 Å². The number of para-hydroxylation sites is 1. The third kappa shape index (κ3) is 5.82. The Morgan fingerprint density at radius 2 is 0.867 bits per heavy atom. The molecule has 0 saturated heterocycles. The Morgan fingerprint density at radius 3 is 1.68 bits per heavy atom. The van der Waals surface area contributed by atoms with E-state index in [-0.39, 0.29) is 0 Å². The van der Waals surface area contributed by atoms with Gasteiger partial charge in [0.1, 0.15) is 0 Å². The van der Waals surface area contributed by atoms with E-state index >= 15 is 0 Å². The van der Waals surface area contributed by atoms with E-state index in [9.17, 15) is 0 Å². The number of thiophene rings is 2. The predicted octanol–water partition coefficient (Wildman–Crippen LogP) is 15.8. The molecule has 12 aromatic rings. The van der Waals surface area contributed by atoms with E-state index in [2.05, 4.69) is 200 Å². The topological polar surface area (TPSA) is 38.7 Å². The zero-order valence-electron chi connectivity index (χ0n) is 32.2. The Kier molecular flexibility index (Phi) is 8.22. The maximum atomic E-state index is 5.30. The zero-order chi connectivity index (χ0) is 39.6. The average Bonchev–Trinajstić information content (AvgIpc) is 3.91. The van der Waals surface area contributed by atoms with Gasteiger partial charge in [-0.3, -0.25) is 0 Å². The van der Waals surface area contributed by atoms with Gasteiger partial charge in [0.2, 0.25) is 0 Å². The van der Waals surface area contributed by atoms with E-state index < -0.39 is 0 Å². The Morgan fingerprint density at radius 1 is 0.317 bits per heavy atom. The molecule has 0 amide bonds. The highest BCUT2D eigenvalue weighted by Gasteiger charge is 2.18. The van der Waals surface area contributed by atoms with Gasteiger partial charge in [0.05, 0.1) is 27.3 Å². The van der Waals surface area contributed by atoms with Crippen molar-refractivity contribution in [1.82, 2.24) is 15.0 Å². The fourth-order valence-electron chi connectivity index (χ4n) is 8.64. The number of benzene rings is 8. The maximum absolute atomic E-state index is 5.30. The summed E-state index contributed by atoms with van der Waals surface area (Å²) in [6.45, 7) is 0. The number of hydrogen-bond acceptors (Lipinski definition) is 5. The van der Waals surface area contributed by atoms with Crippen molar-refractivity contribution in [1.29, 1.82) is 0 Å². The van der Waals surface area contributed by atoms with Crippen LogP contribution in [0.15, 0.2) is 200 Å². The molecule has 0 atom stereocenters. The fourth-order valence-corrected chi connectivity index (χ4v) is 11.1. The van der Waals surface area contributed by atoms with Gasteiger partial charge in [0, 0.05) is 63.3 Å². The highest BCUT2D eigenvalue weighted by Crippen LogP contribution is 2.44. The van der Waals surface area contributed by atoms with Crippen molar-refractivity contribution in [2.45, 2.75) is 0 Å². The first kappa shape index (κ1) is 34.7. The van der Waals surface area contributed by atoms with Crippen LogP contribution in [-0.2, 0) is 0 Å². The summed E-state index contributed by atoms with van der Waals surface area (Å²) in [5.74, 6) is 0.684. The molecule has 0 aliphatic carbocycles. The maximum Gasteiger partial charge on any atom is 0.160 e. The van der Waals surface area contributed by atoms with Gasteiger partial charge in [-0.1, -0.05) is 176 Å². The number of pyridine rings is 1. The molecule has 8 aromatic carbocycles. The summed E-state index contributed by atoms with van der Waals surface area (Å²) in [6.07, 6.45) is 0. The molecule has 0 aliphatic rings. The number of fused-ring (bicyclic) bond motifs is 8. The van der Waals surface area contributed by atoms with Crippen LogP contribution in [-0.4, -0.2) is 15.0 Å². The molecule has 4 heterocycles. The van der Waals surface area contributed by atoms with Crippen LogP contribution in [0.4, 0.5) is 0 Å². The molecule has 60 heavy (non-hydrogen) atoms. The van der Waals surface area contributed by atoms with Crippen LogP contribution in [0.2, 0.25) is 0 Å². The number of rotatable bonds is 6. The van der Waals surface area contributed by atoms with Crippen molar-refractivity contribution in [2.24, 2.45) is 0 Å². The Bertz CT molecular complexity index is 3590. The van der Waals surface area contributed by atoms with Crippen LogP contribution in [0.3, 0.4) is 0 Å². The molecule has 0 aliphatic heterocycles. The van der Waals surface area contributed by atoms with Gasteiger partial charge in [-0.05, 0) is 46.5 Å². The fraction of sp³-hybridized carbons (Fsp3) is 0. The van der Waals surface area contributed by atoms with Crippen molar-refractivity contribution in [3.63, 3.8) is 0 Å². The number of nitrogens with zero attached hydrogens (tertiary/aromatic N) is 3. The molecule has 280 valence electrons. The lowest BCUT2D eigenvalue weighted by molar-refractivity contribution is 1.18. The van der Waals surface area contributed by atoms with Crippen molar-refractivity contribution >= 4 is 73.9 Å². The molecular formula is C55H33N3S2. The van der Waals surface area contributed by atoms with Gasteiger partial charge >= 0.3 is 0 Å². The molecule has 3 nitrogen and oxygen atoms in total. The van der Waals surface area contributed by atoms with E-state index in [0.717, 1.165) is 56.0 Å². The SMILES string of the molecule is c1ccc(-c2ccccc2-c2cc(-c3ccc(-c4nc5ccccc5c5c4sc4ccccc45)cc3)nc(-c3ccc(-c4cccc5c4sc4ccccc45)cc3)n2)cc1. The molecule has 0 bridgehead atoms. The second kappa shape index (κ2) is 14.2. The van der Waals surface area contributed by atoms with Crippen LogP contribution >= 0.6 is 22.7 Å². The van der Waals surface area contributed by atoms with E-state index in [0.29, 0.717) is 5.82 Å². The summed E-state index contributed by atoms with van der Waals surface area (Å²) in [5.41, 5.74) is 12.6. The van der Waals surface area contributed by atoms with Gasteiger partial charge in [-0.25, -0.2) is 15.0 Å². The van der Waals surface area contributed by atoms with Crippen molar-refractivity contribution < 1.29 is 0 Å². The second-order valence-corrected chi connectivity index (χ2v) is 17.2. The minimum Gasteiger partial charge on any atom is -0.246 e. The van der Waals surface area contributed by atoms with Crippen LogP contribution in [0.5, 0.6) is 0 Å². The molecule has 12 rings (SSSR count).